The zero-order valence-corrected chi connectivity index (χ0v) is 35.1. The van der Waals surface area contributed by atoms with E-state index in [-0.39, 0.29) is 0 Å². The Bertz CT molecular complexity index is 3630. The summed E-state index contributed by atoms with van der Waals surface area (Å²) < 4.78 is 9.19. The van der Waals surface area contributed by atoms with E-state index < -0.39 is 0 Å². The van der Waals surface area contributed by atoms with Gasteiger partial charge in [0.2, 0.25) is 0 Å². The fourth-order valence-electron chi connectivity index (χ4n) is 9.46. The molecule has 2 heterocycles. The standard InChI is InChI=1S/C60H39NOS/c1-2-17-40(18-3-1)45-21-4-5-22-48(45)49-23-6-7-24-50(49)51-25-8-11-31-55(51)61(43-37-35-41(36-38-43)46-28-16-34-58-59(46)54-27-10-13-33-57(54)63-58)44-20-14-19-42(39-44)47-29-15-30-53-52-26-9-12-32-56(52)62-60(47)53/h1-39H. The maximum atomic E-state index is 6.58. The molecule has 0 radical (unpaired) electrons. The smallest absolute Gasteiger partial charge is 0.143 e. The first kappa shape index (κ1) is 36.8. The second-order valence-electron chi connectivity index (χ2n) is 16.0. The molecule has 12 aromatic rings. The summed E-state index contributed by atoms with van der Waals surface area (Å²) in [7, 11) is 0. The average Bonchev–Trinajstić information content (AvgIpc) is 3.94. The summed E-state index contributed by atoms with van der Waals surface area (Å²) in [6, 6.07) is 85.4. The highest BCUT2D eigenvalue weighted by Crippen LogP contribution is 2.47. The molecule has 0 amide bonds. The fourth-order valence-corrected chi connectivity index (χ4v) is 10.6. The Morgan fingerprint density at radius 1 is 0.317 bits per heavy atom. The molecule has 12 rings (SSSR count). The Hall–Kier alpha value is -7.98. The van der Waals surface area contributed by atoms with Crippen LogP contribution in [-0.2, 0) is 0 Å². The van der Waals surface area contributed by atoms with Crippen LogP contribution in [-0.4, -0.2) is 0 Å². The first-order valence-corrected chi connectivity index (χ1v) is 22.2. The third kappa shape index (κ3) is 6.41. The quantitative estimate of drug-likeness (QED) is 0.152. The topological polar surface area (TPSA) is 16.4 Å². The van der Waals surface area contributed by atoms with Gasteiger partial charge in [-0.05, 0) is 93.0 Å². The van der Waals surface area contributed by atoms with E-state index in [4.69, 9.17) is 4.42 Å². The highest BCUT2D eigenvalue weighted by Gasteiger charge is 2.22. The lowest BCUT2D eigenvalue weighted by Crippen LogP contribution is -2.11. The van der Waals surface area contributed by atoms with Crippen LogP contribution in [0.25, 0.3) is 97.7 Å². The molecule has 0 spiro atoms. The molecule has 3 heteroatoms. The highest BCUT2D eigenvalue weighted by atomic mass is 32.1. The molecule has 0 saturated heterocycles. The molecule has 0 unspecified atom stereocenters. The summed E-state index contributed by atoms with van der Waals surface area (Å²) in [6.07, 6.45) is 0. The molecule has 0 N–H and O–H groups in total. The molecule has 2 nitrogen and oxygen atoms in total. The van der Waals surface area contributed by atoms with Crippen molar-refractivity contribution in [2.75, 3.05) is 4.90 Å². The lowest BCUT2D eigenvalue weighted by Gasteiger charge is -2.29. The van der Waals surface area contributed by atoms with Crippen LogP contribution in [0.1, 0.15) is 0 Å². The Labute approximate surface area is 370 Å². The minimum Gasteiger partial charge on any atom is -0.455 e. The van der Waals surface area contributed by atoms with E-state index in [1.807, 2.05) is 17.4 Å². The fraction of sp³-hybridized carbons (Fsp3) is 0. The number of nitrogens with zero attached hydrogens (tertiary/aromatic N) is 1. The highest BCUT2D eigenvalue weighted by molar-refractivity contribution is 7.25. The van der Waals surface area contributed by atoms with Crippen molar-refractivity contribution in [3.05, 3.63) is 237 Å². The maximum Gasteiger partial charge on any atom is 0.143 e. The van der Waals surface area contributed by atoms with Crippen molar-refractivity contribution in [3.8, 4) is 55.6 Å². The minimum absolute atomic E-state index is 0.894. The summed E-state index contributed by atoms with van der Waals surface area (Å²) in [5.41, 5.74) is 16.7. The van der Waals surface area contributed by atoms with Crippen LogP contribution in [0.15, 0.2) is 241 Å². The van der Waals surface area contributed by atoms with Gasteiger partial charge in [0.05, 0.1) is 5.69 Å². The largest absolute Gasteiger partial charge is 0.455 e. The first-order chi connectivity index (χ1) is 31.3. The normalized spacial score (nSPS) is 11.5. The van der Waals surface area contributed by atoms with Crippen molar-refractivity contribution >= 4 is 70.5 Å². The van der Waals surface area contributed by atoms with Gasteiger partial charge >= 0.3 is 0 Å². The Balaban J connectivity index is 1.05. The van der Waals surface area contributed by atoms with E-state index >= 15 is 0 Å². The molecule has 0 saturated carbocycles. The van der Waals surface area contributed by atoms with E-state index in [9.17, 15) is 0 Å². The maximum absolute atomic E-state index is 6.58. The van der Waals surface area contributed by atoms with E-state index in [0.29, 0.717) is 0 Å². The number of fused-ring (bicyclic) bond motifs is 6. The molecule has 2 aromatic heterocycles. The Morgan fingerprint density at radius 2 is 0.857 bits per heavy atom. The summed E-state index contributed by atoms with van der Waals surface area (Å²) in [4.78, 5) is 2.42. The van der Waals surface area contributed by atoms with Crippen molar-refractivity contribution in [2.45, 2.75) is 0 Å². The van der Waals surface area contributed by atoms with Crippen molar-refractivity contribution in [1.82, 2.24) is 0 Å². The third-order valence-corrected chi connectivity index (χ3v) is 13.5. The average molecular weight is 822 g/mol. The van der Waals surface area contributed by atoms with Gasteiger partial charge in [-0.2, -0.15) is 0 Å². The van der Waals surface area contributed by atoms with Gasteiger partial charge in [0.25, 0.3) is 0 Å². The van der Waals surface area contributed by atoms with Crippen molar-refractivity contribution in [1.29, 1.82) is 0 Å². The lowest BCUT2D eigenvalue weighted by atomic mass is 9.88. The second-order valence-corrected chi connectivity index (χ2v) is 17.0. The van der Waals surface area contributed by atoms with Gasteiger partial charge in [0.1, 0.15) is 11.2 Å². The first-order valence-electron chi connectivity index (χ1n) is 21.4. The molecule has 296 valence electrons. The van der Waals surface area contributed by atoms with Crippen molar-refractivity contribution in [2.24, 2.45) is 0 Å². The van der Waals surface area contributed by atoms with Crippen LogP contribution in [0.5, 0.6) is 0 Å². The molecule has 63 heavy (non-hydrogen) atoms. The molecular formula is C60H39NOS. The zero-order valence-electron chi connectivity index (χ0n) is 34.3. The van der Waals surface area contributed by atoms with Crippen molar-refractivity contribution in [3.63, 3.8) is 0 Å². The van der Waals surface area contributed by atoms with Gasteiger partial charge in [-0.1, -0.05) is 188 Å². The van der Waals surface area contributed by atoms with Crippen LogP contribution >= 0.6 is 11.3 Å². The lowest BCUT2D eigenvalue weighted by molar-refractivity contribution is 0.670. The van der Waals surface area contributed by atoms with Crippen LogP contribution in [0, 0.1) is 0 Å². The van der Waals surface area contributed by atoms with Gasteiger partial charge in [-0.25, -0.2) is 0 Å². The zero-order chi connectivity index (χ0) is 41.7. The molecule has 10 aromatic carbocycles. The van der Waals surface area contributed by atoms with Gasteiger partial charge in [-0.15, -0.1) is 11.3 Å². The molecular weight excluding hydrogens is 783 g/mol. The summed E-state index contributed by atoms with van der Waals surface area (Å²) in [5, 5.41) is 4.86. The van der Waals surface area contributed by atoms with Gasteiger partial charge < -0.3 is 9.32 Å². The SMILES string of the molecule is c1ccc(-c2ccccc2-c2ccccc2-c2ccccc2N(c2ccc(-c3cccc4sc5ccccc5c34)cc2)c2cccc(-c3cccc4c3oc3ccccc34)c2)cc1. The van der Waals surface area contributed by atoms with Crippen LogP contribution in [0.2, 0.25) is 0 Å². The molecule has 0 aliphatic heterocycles. The van der Waals surface area contributed by atoms with E-state index in [2.05, 4.69) is 235 Å². The number of benzene rings is 10. The number of rotatable bonds is 8. The number of para-hydroxylation sites is 3. The van der Waals surface area contributed by atoms with E-state index in [0.717, 1.165) is 61.3 Å². The van der Waals surface area contributed by atoms with Gasteiger partial charge in [-0.3, -0.25) is 0 Å². The second kappa shape index (κ2) is 15.5. The van der Waals surface area contributed by atoms with Crippen LogP contribution in [0.4, 0.5) is 17.1 Å². The summed E-state index contributed by atoms with van der Waals surface area (Å²) in [6.45, 7) is 0. The van der Waals surface area contributed by atoms with Crippen LogP contribution in [0.3, 0.4) is 0 Å². The molecule has 0 aliphatic rings. The van der Waals surface area contributed by atoms with Crippen LogP contribution < -0.4 is 4.90 Å². The minimum atomic E-state index is 0.894. The monoisotopic (exact) mass is 821 g/mol. The van der Waals surface area contributed by atoms with Crippen molar-refractivity contribution < 1.29 is 4.42 Å². The number of hydrogen-bond donors (Lipinski definition) is 0. The number of anilines is 3. The summed E-state index contributed by atoms with van der Waals surface area (Å²) in [5.74, 6) is 0. The van der Waals surface area contributed by atoms with E-state index in [1.165, 1.54) is 53.6 Å². The predicted octanol–water partition coefficient (Wildman–Crippen LogP) is 17.8. The van der Waals surface area contributed by atoms with E-state index in [1.54, 1.807) is 0 Å². The summed E-state index contributed by atoms with van der Waals surface area (Å²) >= 11 is 1.86. The molecule has 0 bridgehead atoms. The van der Waals surface area contributed by atoms with Gasteiger partial charge in [0.15, 0.2) is 0 Å². The third-order valence-electron chi connectivity index (χ3n) is 12.3. The number of hydrogen-bond acceptors (Lipinski definition) is 3. The number of furan rings is 1. The number of thiophene rings is 1. The van der Waals surface area contributed by atoms with Gasteiger partial charge in [0, 0.05) is 53.4 Å². The molecule has 0 fully saturated rings. The molecule has 0 aliphatic carbocycles. The molecule has 0 atom stereocenters. The Kier molecular flexibility index (Phi) is 9.06. The predicted molar refractivity (Wildman–Crippen MR) is 268 cm³/mol. The Morgan fingerprint density at radius 3 is 1.68 bits per heavy atom.